The number of carbonyl (C=O) groups is 3. The molecule has 0 aliphatic carbocycles. The minimum absolute atomic E-state index is 0.118. The maximum Gasteiger partial charge on any atom is 0.326 e. The lowest BCUT2D eigenvalue weighted by molar-refractivity contribution is -0.140. The summed E-state index contributed by atoms with van der Waals surface area (Å²) in [7, 11) is 0. The molecule has 1 heterocycles. The van der Waals surface area contributed by atoms with Crippen LogP contribution in [0.4, 0.5) is 4.79 Å². The van der Waals surface area contributed by atoms with Crippen molar-refractivity contribution in [2.24, 2.45) is 5.92 Å². The minimum Gasteiger partial charge on any atom is -0.481 e. The second-order valence-electron chi connectivity index (χ2n) is 5.04. The first-order valence-electron chi connectivity index (χ1n) is 7.04. The van der Waals surface area contributed by atoms with Gasteiger partial charge in [-0.2, -0.15) is 0 Å². The van der Waals surface area contributed by atoms with E-state index < -0.39 is 24.0 Å². The number of amides is 2. The van der Waals surface area contributed by atoms with Gasteiger partial charge in [-0.3, -0.25) is 4.79 Å². The molecule has 0 spiro atoms. The molecule has 2 amide bonds. The number of hydrogen-bond donors (Lipinski definition) is 4. The molecule has 3 atom stereocenters. The molecule has 0 aromatic rings. The first kappa shape index (κ1) is 17.2. The van der Waals surface area contributed by atoms with Gasteiger partial charge in [-0.1, -0.05) is 6.92 Å². The fourth-order valence-corrected chi connectivity index (χ4v) is 2.34. The Hall–Kier alpha value is -1.83. The number of carbonyl (C=O) groups excluding carboxylic acids is 1. The van der Waals surface area contributed by atoms with Crippen molar-refractivity contribution in [3.05, 3.63) is 0 Å². The second-order valence-corrected chi connectivity index (χ2v) is 5.04. The fraction of sp³-hybridized carbons (Fsp3) is 0.769. The summed E-state index contributed by atoms with van der Waals surface area (Å²) >= 11 is 0. The van der Waals surface area contributed by atoms with Gasteiger partial charge in [-0.05, 0) is 19.3 Å². The van der Waals surface area contributed by atoms with Crippen LogP contribution in [0.1, 0.15) is 32.6 Å². The molecule has 1 rings (SSSR count). The van der Waals surface area contributed by atoms with Crippen molar-refractivity contribution in [3.8, 4) is 0 Å². The van der Waals surface area contributed by atoms with E-state index in [-0.39, 0.29) is 24.9 Å². The third kappa shape index (κ3) is 5.99. The lowest BCUT2D eigenvalue weighted by atomic mass is 10.00. The molecule has 0 aromatic carbocycles. The number of urea groups is 1. The van der Waals surface area contributed by atoms with E-state index in [1.54, 1.807) is 0 Å². The van der Waals surface area contributed by atoms with E-state index in [1.165, 1.54) is 0 Å². The number of aliphatic carboxylic acids is 2. The van der Waals surface area contributed by atoms with Crippen LogP contribution in [0, 0.1) is 5.92 Å². The first-order valence-corrected chi connectivity index (χ1v) is 7.04. The average Bonchev–Trinajstić information content (AvgIpc) is 2.88. The molecule has 0 bridgehead atoms. The zero-order valence-electron chi connectivity index (χ0n) is 12.0. The quantitative estimate of drug-likeness (QED) is 0.515. The predicted octanol–water partition coefficient (Wildman–Crippen LogP) is 0.419. The number of ether oxygens (including phenoxy) is 1. The van der Waals surface area contributed by atoms with Crippen molar-refractivity contribution in [1.29, 1.82) is 0 Å². The Kier molecular flexibility index (Phi) is 6.93. The standard InChI is InChI=1S/C13H22N2O6/c1-2-10-8(5-6-21-10)7-14-13(20)15-9(12(18)19)3-4-11(16)17/h8-10H,2-7H2,1H3,(H,16,17)(H,18,19)(H2,14,15,20)/t8?,9-,10?/m0/s1. The maximum atomic E-state index is 11.7. The van der Waals surface area contributed by atoms with Crippen molar-refractivity contribution in [2.75, 3.05) is 13.2 Å². The summed E-state index contributed by atoms with van der Waals surface area (Å²) in [5.74, 6) is -2.12. The molecule has 0 saturated carbocycles. The molecular weight excluding hydrogens is 280 g/mol. The van der Waals surface area contributed by atoms with Gasteiger partial charge in [0, 0.05) is 25.5 Å². The van der Waals surface area contributed by atoms with Crippen LogP contribution in [0.3, 0.4) is 0 Å². The van der Waals surface area contributed by atoms with Gasteiger partial charge in [0.15, 0.2) is 0 Å². The van der Waals surface area contributed by atoms with Gasteiger partial charge in [-0.25, -0.2) is 9.59 Å². The van der Waals surface area contributed by atoms with E-state index in [1.807, 2.05) is 6.92 Å². The van der Waals surface area contributed by atoms with Crippen LogP contribution in [0.2, 0.25) is 0 Å². The van der Waals surface area contributed by atoms with Crippen molar-refractivity contribution in [2.45, 2.75) is 44.8 Å². The van der Waals surface area contributed by atoms with Crippen LogP contribution in [-0.2, 0) is 14.3 Å². The van der Waals surface area contributed by atoms with Crippen LogP contribution < -0.4 is 10.6 Å². The Morgan fingerprint density at radius 1 is 1.33 bits per heavy atom. The third-order valence-corrected chi connectivity index (χ3v) is 3.52. The SMILES string of the molecule is CCC1OCCC1CNC(=O)N[C@@H](CCC(=O)O)C(=O)O. The predicted molar refractivity (Wildman–Crippen MR) is 73.0 cm³/mol. The molecule has 8 nitrogen and oxygen atoms in total. The van der Waals surface area contributed by atoms with Crippen molar-refractivity contribution < 1.29 is 29.3 Å². The number of hydrogen-bond acceptors (Lipinski definition) is 4. The van der Waals surface area contributed by atoms with Crippen molar-refractivity contribution >= 4 is 18.0 Å². The molecule has 1 aliphatic heterocycles. The minimum atomic E-state index is -1.25. The molecule has 120 valence electrons. The van der Waals surface area contributed by atoms with E-state index in [4.69, 9.17) is 14.9 Å². The lowest BCUT2D eigenvalue weighted by Gasteiger charge is -2.19. The van der Waals surface area contributed by atoms with Crippen LogP contribution >= 0.6 is 0 Å². The number of carboxylic acids is 2. The number of rotatable bonds is 8. The lowest BCUT2D eigenvalue weighted by Crippen LogP contribution is -2.47. The second kappa shape index (κ2) is 8.46. The van der Waals surface area contributed by atoms with E-state index in [0.717, 1.165) is 12.8 Å². The largest absolute Gasteiger partial charge is 0.481 e. The Balaban J connectivity index is 2.36. The van der Waals surface area contributed by atoms with Gasteiger partial charge in [0.05, 0.1) is 6.10 Å². The molecule has 1 fully saturated rings. The summed E-state index contributed by atoms with van der Waals surface area (Å²) in [6, 6.07) is -1.81. The number of carboxylic acid groups (broad SMARTS) is 2. The number of nitrogens with one attached hydrogen (secondary N) is 2. The summed E-state index contributed by atoms with van der Waals surface area (Å²) < 4.78 is 5.50. The van der Waals surface area contributed by atoms with Crippen molar-refractivity contribution in [3.63, 3.8) is 0 Å². The Morgan fingerprint density at radius 2 is 2.05 bits per heavy atom. The zero-order valence-corrected chi connectivity index (χ0v) is 12.0. The Bertz CT molecular complexity index is 387. The molecule has 21 heavy (non-hydrogen) atoms. The normalized spacial score (nSPS) is 22.5. The Morgan fingerprint density at radius 3 is 2.62 bits per heavy atom. The van der Waals surface area contributed by atoms with E-state index in [9.17, 15) is 14.4 Å². The summed E-state index contributed by atoms with van der Waals surface area (Å²) in [6.07, 6.45) is 1.38. The van der Waals surface area contributed by atoms with Crippen LogP contribution in [0.15, 0.2) is 0 Å². The third-order valence-electron chi connectivity index (χ3n) is 3.52. The first-order chi connectivity index (χ1) is 9.93. The topological polar surface area (TPSA) is 125 Å². The van der Waals surface area contributed by atoms with Gasteiger partial charge >= 0.3 is 18.0 Å². The smallest absolute Gasteiger partial charge is 0.326 e. The summed E-state index contributed by atoms with van der Waals surface area (Å²) in [5.41, 5.74) is 0. The highest BCUT2D eigenvalue weighted by molar-refractivity contribution is 5.82. The molecule has 1 saturated heterocycles. The molecule has 0 radical (unpaired) electrons. The van der Waals surface area contributed by atoms with Crippen LogP contribution in [0.25, 0.3) is 0 Å². The van der Waals surface area contributed by atoms with E-state index in [2.05, 4.69) is 10.6 Å². The fourth-order valence-electron chi connectivity index (χ4n) is 2.34. The van der Waals surface area contributed by atoms with Crippen LogP contribution in [0.5, 0.6) is 0 Å². The molecule has 0 aromatic heterocycles. The van der Waals surface area contributed by atoms with Gasteiger partial charge in [-0.15, -0.1) is 0 Å². The van der Waals surface area contributed by atoms with Gasteiger partial charge in [0.1, 0.15) is 6.04 Å². The highest BCUT2D eigenvalue weighted by atomic mass is 16.5. The maximum absolute atomic E-state index is 11.7. The summed E-state index contributed by atoms with van der Waals surface area (Å²) in [6.45, 7) is 3.09. The van der Waals surface area contributed by atoms with E-state index in [0.29, 0.717) is 13.2 Å². The van der Waals surface area contributed by atoms with Gasteiger partial charge in [0.25, 0.3) is 0 Å². The highest BCUT2D eigenvalue weighted by Crippen LogP contribution is 2.22. The van der Waals surface area contributed by atoms with E-state index >= 15 is 0 Å². The molecule has 1 aliphatic rings. The monoisotopic (exact) mass is 302 g/mol. The summed E-state index contributed by atoms with van der Waals surface area (Å²) in [4.78, 5) is 33.1. The van der Waals surface area contributed by atoms with Gasteiger partial charge in [0.2, 0.25) is 0 Å². The molecule has 2 unspecified atom stereocenters. The zero-order chi connectivity index (χ0) is 15.8. The van der Waals surface area contributed by atoms with Crippen molar-refractivity contribution in [1.82, 2.24) is 10.6 Å². The highest BCUT2D eigenvalue weighted by Gasteiger charge is 2.27. The van der Waals surface area contributed by atoms with Gasteiger partial charge < -0.3 is 25.6 Å². The average molecular weight is 302 g/mol. The Labute approximate surface area is 122 Å². The summed E-state index contributed by atoms with van der Waals surface area (Å²) in [5, 5.41) is 22.4. The molecule has 4 N–H and O–H groups in total. The molecular formula is C13H22N2O6. The molecule has 8 heteroatoms. The van der Waals surface area contributed by atoms with Crippen LogP contribution in [-0.4, -0.2) is 53.5 Å².